The molecule has 2 heterocycles. The number of carbonyl (C=O) groups is 1. The number of ether oxygens (including phenoxy) is 1. The average Bonchev–Trinajstić information content (AvgIpc) is 3.03. The Balaban J connectivity index is 1.48. The Morgan fingerprint density at radius 2 is 2.25 bits per heavy atom. The lowest BCUT2D eigenvalue weighted by atomic mass is 10.1. The van der Waals surface area contributed by atoms with Crippen molar-refractivity contribution >= 4 is 17.5 Å². The van der Waals surface area contributed by atoms with E-state index in [2.05, 4.69) is 4.98 Å². The van der Waals surface area contributed by atoms with Crippen molar-refractivity contribution in [3.63, 3.8) is 0 Å². The average molecular weight is 345 g/mol. The molecule has 5 heteroatoms. The van der Waals surface area contributed by atoms with E-state index >= 15 is 0 Å². The van der Waals surface area contributed by atoms with Gasteiger partial charge in [-0.2, -0.15) is 0 Å². The predicted molar refractivity (Wildman–Crippen MR) is 94.4 cm³/mol. The van der Waals surface area contributed by atoms with Gasteiger partial charge in [0.1, 0.15) is 6.10 Å². The van der Waals surface area contributed by atoms with Crippen molar-refractivity contribution in [2.45, 2.75) is 32.3 Å². The van der Waals surface area contributed by atoms with E-state index < -0.39 is 0 Å². The number of hydrogen-bond acceptors (Lipinski definition) is 3. The van der Waals surface area contributed by atoms with Crippen LogP contribution < -0.4 is 4.74 Å². The van der Waals surface area contributed by atoms with Gasteiger partial charge in [-0.15, -0.1) is 0 Å². The maximum atomic E-state index is 12.4. The molecule has 1 saturated heterocycles. The minimum atomic E-state index is 0.0234. The SMILES string of the molecule is Cc1ccc(OC2CCN(C(=O)CCc3cccc(Cl)c3)C2)nc1. The highest BCUT2D eigenvalue weighted by atomic mass is 35.5. The van der Waals surface area contributed by atoms with Crippen LogP contribution in [0.1, 0.15) is 24.0 Å². The van der Waals surface area contributed by atoms with Gasteiger partial charge in [0, 0.05) is 36.7 Å². The summed E-state index contributed by atoms with van der Waals surface area (Å²) in [4.78, 5) is 18.5. The van der Waals surface area contributed by atoms with Gasteiger partial charge in [-0.05, 0) is 36.6 Å². The van der Waals surface area contributed by atoms with Crippen LogP contribution in [0.4, 0.5) is 0 Å². The largest absolute Gasteiger partial charge is 0.472 e. The van der Waals surface area contributed by atoms with Crippen LogP contribution in [-0.2, 0) is 11.2 Å². The molecule has 1 unspecified atom stereocenters. The topological polar surface area (TPSA) is 42.4 Å². The monoisotopic (exact) mass is 344 g/mol. The van der Waals surface area contributed by atoms with Gasteiger partial charge in [0.2, 0.25) is 11.8 Å². The van der Waals surface area contributed by atoms with E-state index in [9.17, 15) is 4.79 Å². The number of pyridine rings is 1. The van der Waals surface area contributed by atoms with E-state index in [0.29, 0.717) is 30.3 Å². The van der Waals surface area contributed by atoms with E-state index in [-0.39, 0.29) is 12.0 Å². The van der Waals surface area contributed by atoms with Crippen LogP contribution in [0.3, 0.4) is 0 Å². The van der Waals surface area contributed by atoms with Gasteiger partial charge in [-0.1, -0.05) is 29.8 Å². The number of nitrogens with zero attached hydrogens (tertiary/aromatic N) is 2. The molecule has 1 amide bonds. The Labute approximate surface area is 147 Å². The van der Waals surface area contributed by atoms with Crippen LogP contribution in [0.15, 0.2) is 42.6 Å². The van der Waals surface area contributed by atoms with Crippen LogP contribution in [0, 0.1) is 6.92 Å². The second-order valence-corrected chi connectivity index (χ2v) is 6.61. The minimum absolute atomic E-state index is 0.0234. The zero-order valence-corrected chi connectivity index (χ0v) is 14.5. The molecule has 1 fully saturated rings. The lowest BCUT2D eigenvalue weighted by Gasteiger charge is -2.17. The van der Waals surface area contributed by atoms with Crippen molar-refractivity contribution in [3.8, 4) is 5.88 Å². The normalized spacial score (nSPS) is 17.1. The summed E-state index contributed by atoms with van der Waals surface area (Å²) in [5, 5.41) is 0.709. The summed E-state index contributed by atoms with van der Waals surface area (Å²) in [5.74, 6) is 0.789. The number of hydrogen-bond donors (Lipinski definition) is 0. The second-order valence-electron chi connectivity index (χ2n) is 6.17. The van der Waals surface area contributed by atoms with E-state index in [1.165, 1.54) is 0 Å². The molecular formula is C19H21ClN2O2. The Hall–Kier alpha value is -2.07. The quantitative estimate of drug-likeness (QED) is 0.831. The molecule has 3 rings (SSSR count). The van der Waals surface area contributed by atoms with Crippen molar-refractivity contribution < 1.29 is 9.53 Å². The number of aryl methyl sites for hydroxylation is 2. The predicted octanol–water partition coefficient (Wildman–Crippen LogP) is 3.66. The number of halogens is 1. The lowest BCUT2D eigenvalue weighted by molar-refractivity contribution is -0.130. The molecule has 0 bridgehead atoms. The Kier molecular flexibility index (Phi) is 5.36. The van der Waals surface area contributed by atoms with E-state index in [0.717, 1.165) is 24.1 Å². The highest BCUT2D eigenvalue weighted by Gasteiger charge is 2.27. The number of amides is 1. The fourth-order valence-electron chi connectivity index (χ4n) is 2.85. The van der Waals surface area contributed by atoms with Gasteiger partial charge in [0.15, 0.2) is 0 Å². The van der Waals surface area contributed by atoms with Gasteiger partial charge >= 0.3 is 0 Å². The molecule has 1 aliphatic rings. The van der Waals surface area contributed by atoms with Crippen molar-refractivity contribution in [1.82, 2.24) is 9.88 Å². The number of likely N-dealkylation sites (tertiary alicyclic amines) is 1. The van der Waals surface area contributed by atoms with Crippen LogP contribution in [-0.4, -0.2) is 35.0 Å². The molecule has 0 spiro atoms. The third-order valence-electron chi connectivity index (χ3n) is 4.19. The van der Waals surface area contributed by atoms with E-state index in [4.69, 9.17) is 16.3 Å². The number of aromatic nitrogens is 1. The van der Waals surface area contributed by atoms with Gasteiger partial charge in [0.25, 0.3) is 0 Å². The minimum Gasteiger partial charge on any atom is -0.472 e. The van der Waals surface area contributed by atoms with E-state index in [1.54, 1.807) is 6.20 Å². The summed E-state index contributed by atoms with van der Waals surface area (Å²) in [6, 6.07) is 11.5. The third kappa shape index (κ3) is 4.48. The van der Waals surface area contributed by atoms with Crippen molar-refractivity contribution in [2.75, 3.05) is 13.1 Å². The standard InChI is InChI=1S/C19H21ClN2O2/c1-14-5-7-18(21-12-14)24-17-9-10-22(13-17)19(23)8-6-15-3-2-4-16(20)11-15/h2-5,7,11-12,17H,6,8-10,13H2,1H3. The fraction of sp³-hybridized carbons (Fsp3) is 0.368. The van der Waals surface area contributed by atoms with Crippen molar-refractivity contribution in [1.29, 1.82) is 0 Å². The molecule has 1 aliphatic heterocycles. The van der Waals surface area contributed by atoms with Crippen LogP contribution in [0.5, 0.6) is 5.88 Å². The van der Waals surface area contributed by atoms with Crippen LogP contribution >= 0.6 is 11.6 Å². The highest BCUT2D eigenvalue weighted by Crippen LogP contribution is 2.18. The number of rotatable bonds is 5. The van der Waals surface area contributed by atoms with Crippen LogP contribution in [0.25, 0.3) is 0 Å². The molecule has 0 aliphatic carbocycles. The molecule has 0 radical (unpaired) electrons. The second kappa shape index (κ2) is 7.67. The molecule has 126 valence electrons. The van der Waals surface area contributed by atoms with Crippen LogP contribution in [0.2, 0.25) is 5.02 Å². The molecule has 0 N–H and O–H groups in total. The zero-order valence-electron chi connectivity index (χ0n) is 13.7. The molecule has 1 aromatic carbocycles. The zero-order chi connectivity index (χ0) is 16.9. The van der Waals surface area contributed by atoms with Gasteiger partial charge < -0.3 is 9.64 Å². The molecule has 24 heavy (non-hydrogen) atoms. The molecule has 0 saturated carbocycles. The maximum absolute atomic E-state index is 12.4. The number of carbonyl (C=O) groups excluding carboxylic acids is 1. The Bertz CT molecular complexity index is 703. The summed E-state index contributed by atoms with van der Waals surface area (Å²) in [6.45, 7) is 3.36. The maximum Gasteiger partial charge on any atom is 0.223 e. The van der Waals surface area contributed by atoms with Gasteiger partial charge in [-0.25, -0.2) is 4.98 Å². The van der Waals surface area contributed by atoms with E-state index in [1.807, 2.05) is 48.2 Å². The fourth-order valence-corrected chi connectivity index (χ4v) is 3.06. The molecule has 4 nitrogen and oxygen atoms in total. The number of benzene rings is 1. The third-order valence-corrected chi connectivity index (χ3v) is 4.42. The molecule has 2 aromatic rings. The first kappa shape index (κ1) is 16.8. The lowest BCUT2D eigenvalue weighted by Crippen LogP contribution is -2.31. The first-order valence-electron chi connectivity index (χ1n) is 8.22. The molecular weight excluding hydrogens is 324 g/mol. The molecule has 1 aromatic heterocycles. The van der Waals surface area contributed by atoms with Crippen molar-refractivity contribution in [2.24, 2.45) is 0 Å². The Morgan fingerprint density at radius 1 is 1.38 bits per heavy atom. The summed E-state index contributed by atoms with van der Waals surface area (Å²) in [7, 11) is 0. The Morgan fingerprint density at radius 3 is 3.00 bits per heavy atom. The summed E-state index contributed by atoms with van der Waals surface area (Å²) in [5.41, 5.74) is 2.19. The van der Waals surface area contributed by atoms with Gasteiger partial charge in [-0.3, -0.25) is 4.79 Å². The van der Waals surface area contributed by atoms with Gasteiger partial charge in [0.05, 0.1) is 6.54 Å². The molecule has 1 atom stereocenters. The summed E-state index contributed by atoms with van der Waals surface area (Å²) < 4.78 is 5.87. The smallest absolute Gasteiger partial charge is 0.223 e. The summed E-state index contributed by atoms with van der Waals surface area (Å²) in [6.07, 6.45) is 3.86. The first-order valence-corrected chi connectivity index (χ1v) is 8.59. The highest BCUT2D eigenvalue weighted by molar-refractivity contribution is 6.30. The first-order chi connectivity index (χ1) is 11.6. The van der Waals surface area contributed by atoms with Crippen molar-refractivity contribution in [3.05, 3.63) is 58.7 Å². The summed E-state index contributed by atoms with van der Waals surface area (Å²) >= 11 is 5.98.